The van der Waals surface area contributed by atoms with Crippen molar-refractivity contribution in [2.24, 2.45) is 0 Å². The largest absolute Gasteiger partial charge is 0.495 e. The molecule has 0 heterocycles. The first-order valence-corrected chi connectivity index (χ1v) is 4.54. The third-order valence-corrected chi connectivity index (χ3v) is 2.07. The number of hydrogen-bond acceptors (Lipinski definition) is 3. The lowest BCUT2D eigenvalue weighted by atomic mass is 10.1. The van der Waals surface area contributed by atoms with Gasteiger partial charge in [-0.1, -0.05) is 0 Å². The number of benzene rings is 1. The first-order chi connectivity index (χ1) is 7.13. The number of carbonyl (C=O) groups is 1. The molecule has 0 radical (unpaired) electrons. The SMILES string of the molecule is COc1cc(F)c(C(=O)CCl)cc1C#N. The minimum atomic E-state index is -0.739. The zero-order valence-electron chi connectivity index (χ0n) is 7.88. The Morgan fingerprint density at radius 3 is 2.80 bits per heavy atom. The van der Waals surface area contributed by atoms with E-state index in [9.17, 15) is 9.18 Å². The highest BCUT2D eigenvalue weighted by atomic mass is 35.5. The molecule has 0 spiro atoms. The summed E-state index contributed by atoms with van der Waals surface area (Å²) in [5, 5.41) is 8.72. The fourth-order valence-corrected chi connectivity index (χ4v) is 1.24. The maximum Gasteiger partial charge on any atom is 0.180 e. The molecule has 0 aliphatic rings. The Morgan fingerprint density at radius 2 is 2.33 bits per heavy atom. The van der Waals surface area contributed by atoms with E-state index in [1.807, 2.05) is 0 Å². The molecule has 0 saturated carbocycles. The Labute approximate surface area is 91.0 Å². The highest BCUT2D eigenvalue weighted by molar-refractivity contribution is 6.30. The van der Waals surface area contributed by atoms with Crippen LogP contribution in [-0.2, 0) is 0 Å². The molecule has 3 nitrogen and oxygen atoms in total. The number of rotatable bonds is 3. The van der Waals surface area contributed by atoms with Gasteiger partial charge in [0.05, 0.1) is 24.1 Å². The fourth-order valence-electron chi connectivity index (χ4n) is 1.10. The van der Waals surface area contributed by atoms with E-state index in [4.69, 9.17) is 21.6 Å². The summed E-state index contributed by atoms with van der Waals surface area (Å²) in [5.74, 6) is -1.53. The average Bonchev–Trinajstić information content (AvgIpc) is 2.27. The predicted molar refractivity (Wildman–Crippen MR) is 52.7 cm³/mol. The molecule has 0 aromatic heterocycles. The molecule has 0 bridgehead atoms. The van der Waals surface area contributed by atoms with Crippen LogP contribution in [0.3, 0.4) is 0 Å². The van der Waals surface area contributed by atoms with Crippen molar-refractivity contribution in [1.29, 1.82) is 5.26 Å². The second-order valence-corrected chi connectivity index (χ2v) is 2.97. The topological polar surface area (TPSA) is 50.1 Å². The van der Waals surface area contributed by atoms with Gasteiger partial charge in [-0.25, -0.2) is 4.39 Å². The van der Waals surface area contributed by atoms with Gasteiger partial charge < -0.3 is 4.74 Å². The third-order valence-electron chi connectivity index (χ3n) is 1.83. The summed E-state index contributed by atoms with van der Waals surface area (Å²) in [6.07, 6.45) is 0. The van der Waals surface area contributed by atoms with E-state index < -0.39 is 11.6 Å². The van der Waals surface area contributed by atoms with Crippen LogP contribution in [0.25, 0.3) is 0 Å². The summed E-state index contributed by atoms with van der Waals surface area (Å²) in [6, 6.07) is 3.94. The minimum absolute atomic E-state index is 0.0983. The number of carbonyl (C=O) groups excluding carboxylic acids is 1. The van der Waals surface area contributed by atoms with Crippen molar-refractivity contribution in [3.05, 3.63) is 29.1 Å². The summed E-state index contributed by atoms with van der Waals surface area (Å²) in [6.45, 7) is 0. The summed E-state index contributed by atoms with van der Waals surface area (Å²) in [4.78, 5) is 11.2. The highest BCUT2D eigenvalue weighted by Gasteiger charge is 2.15. The van der Waals surface area contributed by atoms with E-state index in [-0.39, 0.29) is 22.8 Å². The van der Waals surface area contributed by atoms with Crippen molar-refractivity contribution in [3.63, 3.8) is 0 Å². The monoisotopic (exact) mass is 227 g/mol. The van der Waals surface area contributed by atoms with Gasteiger partial charge in [0.25, 0.3) is 0 Å². The number of nitrogens with zero attached hydrogens (tertiary/aromatic N) is 1. The van der Waals surface area contributed by atoms with Crippen LogP contribution in [0.1, 0.15) is 15.9 Å². The van der Waals surface area contributed by atoms with Crippen LogP contribution in [0.5, 0.6) is 5.75 Å². The molecule has 0 atom stereocenters. The molecule has 1 rings (SSSR count). The van der Waals surface area contributed by atoms with E-state index in [1.54, 1.807) is 6.07 Å². The minimum Gasteiger partial charge on any atom is -0.495 e. The van der Waals surface area contributed by atoms with E-state index in [2.05, 4.69) is 0 Å². The second kappa shape index (κ2) is 4.76. The standard InChI is InChI=1S/C10H7ClFNO2/c1-15-10-3-8(12)7(9(14)4-11)2-6(10)5-13/h2-3H,4H2,1H3. The molecule has 0 fully saturated rings. The van der Waals surface area contributed by atoms with Crippen LogP contribution in [-0.4, -0.2) is 18.8 Å². The third kappa shape index (κ3) is 2.25. The molecule has 0 aliphatic heterocycles. The van der Waals surface area contributed by atoms with Gasteiger partial charge in [0.2, 0.25) is 0 Å². The number of hydrogen-bond donors (Lipinski definition) is 0. The van der Waals surface area contributed by atoms with E-state index in [0.29, 0.717) is 0 Å². The van der Waals surface area contributed by atoms with Crippen LogP contribution in [0.2, 0.25) is 0 Å². The van der Waals surface area contributed by atoms with Gasteiger partial charge >= 0.3 is 0 Å². The van der Waals surface area contributed by atoms with Gasteiger partial charge in [0.15, 0.2) is 5.78 Å². The molecular formula is C10H7ClFNO2. The lowest BCUT2D eigenvalue weighted by molar-refractivity contribution is 0.101. The molecule has 0 N–H and O–H groups in total. The predicted octanol–water partition coefficient (Wildman–Crippen LogP) is 2.13. The van der Waals surface area contributed by atoms with Gasteiger partial charge in [0, 0.05) is 6.07 Å². The summed E-state index contributed by atoms with van der Waals surface area (Å²) in [7, 11) is 1.32. The molecule has 15 heavy (non-hydrogen) atoms. The Kier molecular flexibility index (Phi) is 3.64. The van der Waals surface area contributed by atoms with Crippen LogP contribution < -0.4 is 4.74 Å². The Bertz CT molecular complexity index is 440. The van der Waals surface area contributed by atoms with Crippen LogP contribution in [0.4, 0.5) is 4.39 Å². The Morgan fingerprint density at radius 1 is 1.67 bits per heavy atom. The smallest absolute Gasteiger partial charge is 0.180 e. The average molecular weight is 228 g/mol. The van der Waals surface area contributed by atoms with Gasteiger partial charge in [0.1, 0.15) is 17.6 Å². The molecular weight excluding hydrogens is 221 g/mol. The van der Waals surface area contributed by atoms with E-state index >= 15 is 0 Å². The zero-order chi connectivity index (χ0) is 11.4. The molecule has 0 aliphatic carbocycles. The van der Waals surface area contributed by atoms with Gasteiger partial charge in [-0.05, 0) is 6.07 Å². The molecule has 1 aromatic carbocycles. The molecule has 0 saturated heterocycles. The lowest BCUT2D eigenvalue weighted by Crippen LogP contribution is -2.05. The number of ether oxygens (including phenoxy) is 1. The highest BCUT2D eigenvalue weighted by Crippen LogP contribution is 2.22. The van der Waals surface area contributed by atoms with E-state index in [0.717, 1.165) is 12.1 Å². The van der Waals surface area contributed by atoms with Crippen molar-refractivity contribution in [3.8, 4) is 11.8 Å². The number of ketones is 1. The van der Waals surface area contributed by atoms with Crippen molar-refractivity contribution < 1.29 is 13.9 Å². The van der Waals surface area contributed by atoms with Crippen LogP contribution in [0.15, 0.2) is 12.1 Å². The maximum absolute atomic E-state index is 13.3. The molecule has 1 aromatic rings. The second-order valence-electron chi connectivity index (χ2n) is 2.70. The van der Waals surface area contributed by atoms with Crippen LogP contribution in [0, 0.1) is 17.1 Å². The Hall–Kier alpha value is -1.60. The number of alkyl halides is 1. The van der Waals surface area contributed by atoms with Crippen molar-refractivity contribution >= 4 is 17.4 Å². The maximum atomic E-state index is 13.3. The summed E-state index contributed by atoms with van der Waals surface area (Å²) in [5.41, 5.74) is -0.0882. The summed E-state index contributed by atoms with van der Waals surface area (Å²) >= 11 is 5.30. The van der Waals surface area contributed by atoms with Crippen molar-refractivity contribution in [2.75, 3.05) is 13.0 Å². The first-order valence-electron chi connectivity index (χ1n) is 4.00. The number of halogens is 2. The zero-order valence-corrected chi connectivity index (χ0v) is 8.64. The van der Waals surface area contributed by atoms with Gasteiger partial charge in [-0.3, -0.25) is 4.79 Å². The summed E-state index contributed by atoms with van der Waals surface area (Å²) < 4.78 is 18.1. The molecule has 0 amide bonds. The first kappa shape index (κ1) is 11.5. The van der Waals surface area contributed by atoms with Crippen molar-refractivity contribution in [2.45, 2.75) is 0 Å². The normalized spacial score (nSPS) is 9.47. The number of Topliss-reactive ketones (excluding diaryl/α,β-unsaturated/α-hetero) is 1. The van der Waals surface area contributed by atoms with Crippen LogP contribution >= 0.6 is 11.6 Å². The molecule has 5 heteroatoms. The molecule has 0 unspecified atom stereocenters. The fraction of sp³-hybridized carbons (Fsp3) is 0.200. The lowest BCUT2D eigenvalue weighted by Gasteiger charge is -2.05. The number of nitriles is 1. The van der Waals surface area contributed by atoms with Gasteiger partial charge in [-0.15, -0.1) is 11.6 Å². The van der Waals surface area contributed by atoms with Gasteiger partial charge in [-0.2, -0.15) is 5.26 Å². The quantitative estimate of drug-likeness (QED) is 0.587. The Balaban J connectivity index is 3.33. The number of methoxy groups -OCH3 is 1. The van der Waals surface area contributed by atoms with E-state index in [1.165, 1.54) is 7.11 Å². The molecule has 78 valence electrons. The van der Waals surface area contributed by atoms with Crippen molar-refractivity contribution in [1.82, 2.24) is 0 Å².